The topological polar surface area (TPSA) is 164 Å². The zero-order valence-electron chi connectivity index (χ0n) is 19.3. The lowest BCUT2D eigenvalue weighted by molar-refractivity contribution is -0.139. The fourth-order valence-electron chi connectivity index (χ4n) is 2.75. The van der Waals surface area contributed by atoms with E-state index < -0.39 is 90.0 Å². The summed E-state index contributed by atoms with van der Waals surface area (Å²) in [5.41, 5.74) is 0. The molecule has 2 rings (SSSR count). The van der Waals surface area contributed by atoms with Crippen molar-refractivity contribution in [2.45, 2.75) is 31.8 Å². The van der Waals surface area contributed by atoms with E-state index in [2.05, 4.69) is 20.4 Å². The number of carboxylic acids is 1. The zero-order valence-corrected chi connectivity index (χ0v) is 20.1. The minimum absolute atomic E-state index is 0.0166. The van der Waals surface area contributed by atoms with Gasteiger partial charge in [-0.3, -0.25) is 24.0 Å². The smallest absolute Gasteiger partial charge is 0.314 e. The Kier molecular flexibility index (Phi) is 10.5. The van der Waals surface area contributed by atoms with Crippen molar-refractivity contribution in [3.63, 3.8) is 0 Å². The summed E-state index contributed by atoms with van der Waals surface area (Å²) < 4.78 is 58.7. The van der Waals surface area contributed by atoms with Gasteiger partial charge in [0.2, 0.25) is 17.5 Å². The number of nitrogens with zero attached hydrogens (tertiary/aromatic N) is 1. The van der Waals surface area contributed by atoms with Crippen LogP contribution in [0.3, 0.4) is 0 Å². The second-order valence-corrected chi connectivity index (χ2v) is 7.99. The van der Waals surface area contributed by atoms with E-state index in [4.69, 9.17) is 16.7 Å². The third kappa shape index (κ3) is 8.40. The average Bonchev–Trinajstić information content (AvgIpc) is 2.86. The number of hydrogen-bond donors (Lipinski definition) is 4. The van der Waals surface area contributed by atoms with Gasteiger partial charge in [0.25, 0.3) is 0 Å². The van der Waals surface area contributed by atoms with Crippen LogP contribution in [-0.4, -0.2) is 58.3 Å². The number of rotatable bonds is 11. The maximum atomic E-state index is 13.8. The van der Waals surface area contributed by atoms with Gasteiger partial charge in [0.15, 0.2) is 23.2 Å². The van der Waals surface area contributed by atoms with Gasteiger partial charge in [-0.25, -0.2) is 13.8 Å². The molecule has 1 aromatic heterocycles. The SMILES string of the molecule is C[C@H](NC(=O)C(=O)Nc1ccc(Cl)cn1)C(=O)N[C@@H](CCC(=O)O)C(=O)COc1c(F)c(F)cc(F)c1F. The first-order valence-corrected chi connectivity index (χ1v) is 10.9. The van der Waals surface area contributed by atoms with Crippen LogP contribution in [0.4, 0.5) is 23.4 Å². The number of Topliss-reactive ketones (excluding diaryl/α,β-unsaturated/α-hetero) is 1. The highest BCUT2D eigenvalue weighted by Crippen LogP contribution is 2.26. The van der Waals surface area contributed by atoms with Crippen LogP contribution in [0.1, 0.15) is 19.8 Å². The van der Waals surface area contributed by atoms with Crippen LogP contribution in [-0.2, 0) is 24.0 Å². The largest absolute Gasteiger partial charge is 0.481 e. The summed E-state index contributed by atoms with van der Waals surface area (Å²) in [6.45, 7) is -0.0743. The average molecular weight is 563 g/mol. The molecule has 0 radical (unpaired) electrons. The molecule has 0 aliphatic rings. The number of aliphatic carboxylic acids is 1. The van der Waals surface area contributed by atoms with E-state index in [1.54, 1.807) is 0 Å². The van der Waals surface area contributed by atoms with Gasteiger partial charge in [-0.1, -0.05) is 11.6 Å². The van der Waals surface area contributed by atoms with Crippen molar-refractivity contribution >= 4 is 46.9 Å². The van der Waals surface area contributed by atoms with Gasteiger partial charge < -0.3 is 25.8 Å². The molecule has 16 heteroatoms. The number of carboxylic acid groups (broad SMARTS) is 1. The Morgan fingerprint density at radius 3 is 2.21 bits per heavy atom. The highest BCUT2D eigenvalue weighted by Gasteiger charge is 2.28. The van der Waals surface area contributed by atoms with Crippen LogP contribution >= 0.6 is 11.6 Å². The molecule has 2 atom stereocenters. The molecule has 0 bridgehead atoms. The number of amides is 3. The van der Waals surface area contributed by atoms with Crippen molar-refractivity contribution in [1.29, 1.82) is 0 Å². The zero-order chi connectivity index (χ0) is 28.6. The number of nitrogens with one attached hydrogen (secondary N) is 3. The van der Waals surface area contributed by atoms with Crippen LogP contribution in [0.2, 0.25) is 5.02 Å². The second-order valence-electron chi connectivity index (χ2n) is 7.56. The Bertz CT molecular complexity index is 1220. The Labute approximate surface area is 216 Å². The van der Waals surface area contributed by atoms with Crippen molar-refractivity contribution in [2.24, 2.45) is 0 Å². The summed E-state index contributed by atoms with van der Waals surface area (Å²) in [6.07, 6.45) is 0.0388. The van der Waals surface area contributed by atoms with E-state index in [0.29, 0.717) is 0 Å². The summed E-state index contributed by atoms with van der Waals surface area (Å²) in [5, 5.41) is 15.5. The predicted molar refractivity (Wildman–Crippen MR) is 121 cm³/mol. The lowest BCUT2D eigenvalue weighted by Gasteiger charge is -2.20. The third-order valence-corrected chi connectivity index (χ3v) is 4.92. The van der Waals surface area contributed by atoms with Gasteiger partial charge in [-0.05, 0) is 25.5 Å². The van der Waals surface area contributed by atoms with Gasteiger partial charge >= 0.3 is 17.8 Å². The van der Waals surface area contributed by atoms with E-state index in [9.17, 15) is 41.5 Å². The molecule has 0 spiro atoms. The number of ketones is 1. The Balaban J connectivity index is 2.03. The maximum Gasteiger partial charge on any atom is 0.314 e. The van der Waals surface area contributed by atoms with Crippen LogP contribution in [0.5, 0.6) is 5.75 Å². The highest BCUT2D eigenvalue weighted by atomic mass is 35.5. The molecule has 0 fully saturated rings. The third-order valence-electron chi connectivity index (χ3n) is 4.70. The molecule has 0 saturated heterocycles. The van der Waals surface area contributed by atoms with Gasteiger partial charge in [0.05, 0.1) is 11.1 Å². The molecule has 4 N–H and O–H groups in total. The Morgan fingerprint density at radius 1 is 1.03 bits per heavy atom. The molecule has 0 aliphatic heterocycles. The fraction of sp³-hybridized carbons (Fsp3) is 0.273. The number of halogens is 5. The standard InChI is InChI=1S/C22H19ClF4N4O7/c1-9(29-21(36)22(37)31-15-4-2-10(23)7-28-15)20(35)30-13(3-5-16(33)34)14(32)8-38-19-17(26)11(24)6-12(25)18(19)27/h2,4,6-7,9,13H,3,5,8H2,1H3,(H,29,36)(H,30,35)(H,33,34)(H,28,31,37)/t9-,13-/m0/s1. The highest BCUT2D eigenvalue weighted by molar-refractivity contribution is 6.40. The van der Waals surface area contributed by atoms with Gasteiger partial charge in [-0.2, -0.15) is 8.78 Å². The number of ether oxygens (including phenoxy) is 1. The van der Waals surface area contributed by atoms with Gasteiger partial charge in [-0.15, -0.1) is 0 Å². The summed E-state index contributed by atoms with van der Waals surface area (Å²) in [5.74, 6) is -14.9. The molecular formula is C22H19ClF4N4O7. The Hall–Kier alpha value is -4.27. The second kappa shape index (κ2) is 13.3. The van der Waals surface area contributed by atoms with Crippen molar-refractivity contribution in [3.8, 4) is 5.75 Å². The minimum atomic E-state index is -1.91. The molecule has 3 amide bonds. The molecule has 0 aliphatic carbocycles. The van der Waals surface area contributed by atoms with Crippen molar-refractivity contribution in [3.05, 3.63) is 52.7 Å². The summed E-state index contributed by atoms with van der Waals surface area (Å²) in [7, 11) is 0. The first-order chi connectivity index (χ1) is 17.8. The molecule has 204 valence electrons. The first kappa shape index (κ1) is 30.0. The van der Waals surface area contributed by atoms with Crippen LogP contribution in [0, 0.1) is 23.3 Å². The number of pyridine rings is 1. The number of carbonyl (C=O) groups excluding carboxylic acids is 4. The molecule has 38 heavy (non-hydrogen) atoms. The van der Waals surface area contributed by atoms with E-state index in [-0.39, 0.29) is 16.9 Å². The van der Waals surface area contributed by atoms with E-state index in [1.165, 1.54) is 18.3 Å². The number of benzene rings is 1. The normalized spacial score (nSPS) is 12.2. The quantitative estimate of drug-likeness (QED) is 0.183. The predicted octanol–water partition coefficient (Wildman–Crippen LogP) is 1.73. The van der Waals surface area contributed by atoms with Crippen LogP contribution in [0.15, 0.2) is 24.4 Å². The number of anilines is 1. The molecule has 1 aromatic carbocycles. The lowest BCUT2D eigenvalue weighted by Crippen LogP contribution is -2.52. The maximum absolute atomic E-state index is 13.8. The monoisotopic (exact) mass is 562 g/mol. The van der Waals surface area contributed by atoms with E-state index >= 15 is 0 Å². The molecule has 1 heterocycles. The summed E-state index contributed by atoms with van der Waals surface area (Å²) in [6, 6.07) is -0.421. The van der Waals surface area contributed by atoms with Crippen molar-refractivity contribution in [2.75, 3.05) is 11.9 Å². The molecular weight excluding hydrogens is 544 g/mol. The lowest BCUT2D eigenvalue weighted by atomic mass is 10.1. The molecule has 0 unspecified atom stereocenters. The number of hydrogen-bond acceptors (Lipinski definition) is 7. The Morgan fingerprint density at radius 2 is 1.66 bits per heavy atom. The van der Waals surface area contributed by atoms with Gasteiger partial charge in [0.1, 0.15) is 18.5 Å². The van der Waals surface area contributed by atoms with Crippen molar-refractivity contribution in [1.82, 2.24) is 15.6 Å². The van der Waals surface area contributed by atoms with Crippen molar-refractivity contribution < 1.29 is 51.4 Å². The fourth-order valence-corrected chi connectivity index (χ4v) is 2.86. The molecule has 11 nitrogen and oxygen atoms in total. The van der Waals surface area contributed by atoms with E-state index in [0.717, 1.165) is 6.92 Å². The van der Waals surface area contributed by atoms with Gasteiger partial charge in [0, 0.05) is 18.7 Å². The van der Waals surface area contributed by atoms with Crippen LogP contribution in [0.25, 0.3) is 0 Å². The number of carbonyl (C=O) groups is 5. The summed E-state index contributed by atoms with van der Waals surface area (Å²) >= 11 is 5.67. The van der Waals surface area contributed by atoms with E-state index in [1.807, 2.05) is 5.32 Å². The molecule has 2 aromatic rings. The number of aromatic nitrogens is 1. The molecule has 0 saturated carbocycles. The summed E-state index contributed by atoms with van der Waals surface area (Å²) in [4.78, 5) is 63.8. The van der Waals surface area contributed by atoms with Crippen LogP contribution < -0.4 is 20.7 Å². The first-order valence-electron chi connectivity index (χ1n) is 10.5. The minimum Gasteiger partial charge on any atom is -0.481 e.